The number of aliphatic hydroxyl groups is 1. The molecule has 5 nitrogen and oxygen atoms in total. The van der Waals surface area contributed by atoms with Crippen LogP contribution < -0.4 is 4.72 Å². The van der Waals surface area contributed by atoms with Crippen molar-refractivity contribution in [3.05, 3.63) is 17.9 Å². The molecule has 1 fully saturated rings. The average Bonchev–Trinajstić information content (AvgIpc) is 2.86. The van der Waals surface area contributed by atoms with E-state index in [-0.39, 0.29) is 28.9 Å². The average molecular weight is 273 g/mol. The van der Waals surface area contributed by atoms with Gasteiger partial charge in [0, 0.05) is 6.04 Å². The molecule has 0 radical (unpaired) electrons. The van der Waals surface area contributed by atoms with Gasteiger partial charge in [-0.1, -0.05) is 20.3 Å². The molecule has 0 aromatic carbocycles. The van der Waals surface area contributed by atoms with Crippen LogP contribution in [0.3, 0.4) is 0 Å². The van der Waals surface area contributed by atoms with E-state index in [1.165, 1.54) is 12.1 Å². The van der Waals surface area contributed by atoms with E-state index in [9.17, 15) is 8.42 Å². The second kappa shape index (κ2) is 4.68. The Bertz CT molecular complexity index is 518. The van der Waals surface area contributed by atoms with Crippen LogP contribution in [0.25, 0.3) is 0 Å². The number of hydrogen-bond acceptors (Lipinski definition) is 4. The lowest BCUT2D eigenvalue weighted by atomic mass is 9.88. The first-order chi connectivity index (χ1) is 8.35. The smallest absolute Gasteiger partial charge is 0.274 e. The maximum absolute atomic E-state index is 12.1. The van der Waals surface area contributed by atoms with Gasteiger partial charge >= 0.3 is 0 Å². The van der Waals surface area contributed by atoms with Gasteiger partial charge in [-0.15, -0.1) is 0 Å². The molecular weight excluding hydrogens is 254 g/mol. The third kappa shape index (κ3) is 2.60. The monoisotopic (exact) mass is 273 g/mol. The molecule has 0 aliphatic heterocycles. The second-order valence-electron chi connectivity index (χ2n) is 5.43. The molecule has 0 saturated heterocycles. The van der Waals surface area contributed by atoms with Crippen LogP contribution in [0.4, 0.5) is 0 Å². The fourth-order valence-electron chi connectivity index (χ4n) is 2.38. The SMILES string of the molecule is CC1(C)CCCC1NS(=O)(=O)c1ccc(CO)o1. The van der Waals surface area contributed by atoms with Crippen LogP contribution in [-0.4, -0.2) is 19.6 Å². The van der Waals surface area contributed by atoms with Crippen molar-refractivity contribution in [1.82, 2.24) is 4.72 Å². The van der Waals surface area contributed by atoms with E-state index in [2.05, 4.69) is 18.6 Å². The number of furan rings is 1. The lowest BCUT2D eigenvalue weighted by Crippen LogP contribution is -2.41. The van der Waals surface area contributed by atoms with Crippen LogP contribution in [-0.2, 0) is 16.6 Å². The van der Waals surface area contributed by atoms with Gasteiger partial charge in [0.2, 0.25) is 5.09 Å². The highest BCUT2D eigenvalue weighted by Crippen LogP contribution is 2.37. The topological polar surface area (TPSA) is 79.5 Å². The molecule has 1 aliphatic rings. The van der Waals surface area contributed by atoms with Gasteiger partial charge in [-0.3, -0.25) is 0 Å². The van der Waals surface area contributed by atoms with E-state index < -0.39 is 10.0 Å². The molecule has 0 spiro atoms. The predicted octanol–water partition coefficient (Wildman–Crippen LogP) is 1.63. The molecule has 2 N–H and O–H groups in total. The highest BCUT2D eigenvalue weighted by Gasteiger charge is 2.37. The number of hydrogen-bond donors (Lipinski definition) is 2. The Labute approximate surface area is 107 Å². The van der Waals surface area contributed by atoms with Crippen LogP contribution in [0, 0.1) is 5.41 Å². The van der Waals surface area contributed by atoms with Crippen molar-refractivity contribution >= 4 is 10.0 Å². The largest absolute Gasteiger partial charge is 0.446 e. The molecule has 1 aromatic heterocycles. The summed E-state index contributed by atoms with van der Waals surface area (Å²) in [7, 11) is -3.63. The summed E-state index contributed by atoms with van der Waals surface area (Å²) in [5, 5.41) is 8.74. The second-order valence-corrected chi connectivity index (χ2v) is 7.08. The van der Waals surface area contributed by atoms with Gasteiger partial charge in [-0.2, -0.15) is 0 Å². The van der Waals surface area contributed by atoms with Gasteiger partial charge < -0.3 is 9.52 Å². The summed E-state index contributed by atoms with van der Waals surface area (Å²) in [6.07, 6.45) is 2.89. The third-order valence-electron chi connectivity index (χ3n) is 3.61. The molecule has 1 aliphatic carbocycles. The Balaban J connectivity index is 2.17. The van der Waals surface area contributed by atoms with E-state index in [0.29, 0.717) is 0 Å². The molecule has 1 heterocycles. The van der Waals surface area contributed by atoms with Crippen molar-refractivity contribution in [2.75, 3.05) is 0 Å². The Kier molecular flexibility index (Phi) is 3.53. The summed E-state index contributed by atoms with van der Waals surface area (Å²) in [5.74, 6) is 0.251. The summed E-state index contributed by atoms with van der Waals surface area (Å²) in [6.45, 7) is 3.83. The summed E-state index contributed by atoms with van der Waals surface area (Å²) in [4.78, 5) is 0. The number of rotatable bonds is 4. The third-order valence-corrected chi connectivity index (χ3v) is 4.96. The fourth-order valence-corrected chi connectivity index (χ4v) is 3.77. The maximum atomic E-state index is 12.1. The summed E-state index contributed by atoms with van der Waals surface area (Å²) < 4.78 is 32.0. The van der Waals surface area contributed by atoms with Crippen LogP contribution in [0.5, 0.6) is 0 Å². The normalized spacial score (nSPS) is 23.4. The molecule has 1 saturated carbocycles. The van der Waals surface area contributed by atoms with Gasteiger partial charge in [0.25, 0.3) is 10.0 Å². The number of nitrogens with one attached hydrogen (secondary N) is 1. The first-order valence-electron chi connectivity index (χ1n) is 6.07. The molecule has 18 heavy (non-hydrogen) atoms. The maximum Gasteiger partial charge on any atom is 0.274 e. The van der Waals surface area contributed by atoms with Crippen molar-refractivity contribution in [3.63, 3.8) is 0 Å². The summed E-state index contributed by atoms with van der Waals surface area (Å²) in [5.41, 5.74) is -0.0283. The summed E-state index contributed by atoms with van der Waals surface area (Å²) >= 11 is 0. The zero-order chi connectivity index (χ0) is 13.4. The minimum atomic E-state index is -3.63. The van der Waals surface area contributed by atoms with Crippen molar-refractivity contribution < 1.29 is 17.9 Å². The Morgan fingerprint density at radius 1 is 1.50 bits per heavy atom. The standard InChI is InChI=1S/C12H19NO4S/c1-12(2)7-3-4-10(12)13-18(15,16)11-6-5-9(8-14)17-11/h5-6,10,13-14H,3-4,7-8H2,1-2H3. The molecule has 6 heteroatoms. The molecule has 2 rings (SSSR count). The Morgan fingerprint density at radius 2 is 2.22 bits per heavy atom. The van der Waals surface area contributed by atoms with Crippen molar-refractivity contribution in [2.45, 2.75) is 50.9 Å². The van der Waals surface area contributed by atoms with Crippen molar-refractivity contribution in [1.29, 1.82) is 0 Å². The van der Waals surface area contributed by atoms with Crippen molar-refractivity contribution in [2.24, 2.45) is 5.41 Å². The molecule has 1 atom stereocenters. The van der Waals surface area contributed by atoms with E-state index >= 15 is 0 Å². The van der Waals surface area contributed by atoms with Gasteiger partial charge in [0.1, 0.15) is 12.4 Å². The van der Waals surface area contributed by atoms with Crippen LogP contribution in [0.2, 0.25) is 0 Å². The van der Waals surface area contributed by atoms with E-state index in [0.717, 1.165) is 19.3 Å². The molecule has 0 amide bonds. The Hall–Kier alpha value is -0.850. The van der Waals surface area contributed by atoms with E-state index in [1.807, 2.05) is 0 Å². The zero-order valence-corrected chi connectivity index (χ0v) is 11.5. The highest BCUT2D eigenvalue weighted by atomic mass is 32.2. The predicted molar refractivity (Wildman–Crippen MR) is 66.4 cm³/mol. The first-order valence-corrected chi connectivity index (χ1v) is 7.55. The lowest BCUT2D eigenvalue weighted by Gasteiger charge is -2.27. The lowest BCUT2D eigenvalue weighted by molar-refractivity contribution is 0.235. The van der Waals surface area contributed by atoms with Crippen LogP contribution >= 0.6 is 0 Å². The Morgan fingerprint density at radius 3 is 2.72 bits per heavy atom. The molecular formula is C12H19NO4S. The van der Waals surface area contributed by atoms with Gasteiger partial charge in [0.15, 0.2) is 0 Å². The van der Waals surface area contributed by atoms with E-state index in [1.54, 1.807) is 0 Å². The molecule has 102 valence electrons. The fraction of sp³-hybridized carbons (Fsp3) is 0.667. The molecule has 0 bridgehead atoms. The number of sulfonamides is 1. The van der Waals surface area contributed by atoms with Gasteiger partial charge in [0.05, 0.1) is 0 Å². The zero-order valence-electron chi connectivity index (χ0n) is 10.6. The molecule has 1 aromatic rings. The van der Waals surface area contributed by atoms with Gasteiger partial charge in [-0.05, 0) is 30.4 Å². The van der Waals surface area contributed by atoms with E-state index in [4.69, 9.17) is 9.52 Å². The van der Waals surface area contributed by atoms with Crippen LogP contribution in [0.1, 0.15) is 38.9 Å². The minimum Gasteiger partial charge on any atom is -0.446 e. The highest BCUT2D eigenvalue weighted by molar-refractivity contribution is 7.89. The molecule has 1 unspecified atom stereocenters. The van der Waals surface area contributed by atoms with Crippen LogP contribution in [0.15, 0.2) is 21.6 Å². The number of aliphatic hydroxyl groups excluding tert-OH is 1. The first kappa shape index (κ1) is 13.6. The van der Waals surface area contributed by atoms with Crippen molar-refractivity contribution in [3.8, 4) is 0 Å². The minimum absolute atomic E-state index is 0.0283. The van der Waals surface area contributed by atoms with Gasteiger partial charge in [-0.25, -0.2) is 13.1 Å². The quantitative estimate of drug-likeness (QED) is 0.873. The summed E-state index contributed by atoms with van der Waals surface area (Å²) in [6, 6.07) is 2.77.